The summed E-state index contributed by atoms with van der Waals surface area (Å²) in [5, 5.41) is 8.75. The van der Waals surface area contributed by atoms with Gasteiger partial charge in [0.15, 0.2) is 0 Å². The summed E-state index contributed by atoms with van der Waals surface area (Å²) < 4.78 is 4.82. The number of likely N-dealkylation sites (N-methyl/N-ethyl adjacent to an activating group) is 1. The Morgan fingerprint density at radius 1 is 0.712 bits per heavy atom. The molecule has 5 aromatic rings. The number of likely N-dealkylation sites (tertiary alicyclic amines) is 2. The number of urea groups is 1. The fraction of sp³-hybridized carbons (Fsp3) is 0.333. The van der Waals surface area contributed by atoms with Crippen LogP contribution in [0, 0.1) is 11.8 Å². The Labute approximate surface area is 384 Å². The van der Waals surface area contributed by atoms with Gasteiger partial charge < -0.3 is 45.3 Å². The second kappa shape index (κ2) is 21.0. The molecule has 0 saturated carbocycles. The van der Waals surface area contributed by atoms with E-state index in [0.717, 1.165) is 66.7 Å². The van der Waals surface area contributed by atoms with Gasteiger partial charge in [-0.3, -0.25) is 14.4 Å². The molecule has 0 spiro atoms. The van der Waals surface area contributed by atoms with E-state index in [2.05, 4.69) is 42.7 Å². The van der Waals surface area contributed by atoms with Crippen molar-refractivity contribution in [3.8, 4) is 23.1 Å². The van der Waals surface area contributed by atoms with Crippen molar-refractivity contribution >= 4 is 29.8 Å². The van der Waals surface area contributed by atoms with Crippen LogP contribution in [0.15, 0.2) is 115 Å². The van der Waals surface area contributed by atoms with Crippen LogP contribution in [-0.2, 0) is 14.3 Å². The number of nitrogens with zero attached hydrogens (tertiary/aromatic N) is 5. The zero-order valence-electron chi connectivity index (χ0n) is 37.2. The fourth-order valence-electron chi connectivity index (χ4n) is 8.80. The molecule has 0 radical (unpaired) electrons. The zero-order valence-corrected chi connectivity index (χ0v) is 37.2. The van der Waals surface area contributed by atoms with E-state index in [1.54, 1.807) is 45.2 Å². The number of aromatic amines is 1. The van der Waals surface area contributed by atoms with E-state index < -0.39 is 18.2 Å². The number of nitrogens with one attached hydrogen (secondary N) is 4. The summed E-state index contributed by atoms with van der Waals surface area (Å²) in [6, 6.07) is 30.9. The Morgan fingerprint density at radius 2 is 1.29 bits per heavy atom. The molecule has 4 unspecified atom stereocenters. The van der Waals surface area contributed by atoms with Gasteiger partial charge in [-0.25, -0.2) is 14.6 Å². The SMILES string of the molecule is COC(=O)NC(C(=O)N1CCCC1c1ncc(-c2ccc(C#Cc3ccc(C(=O)NCC4CCCN4C(=O)C(NC(=O)N4CCN(C)CC4)c4ccccc4)cc3)cc2)[nH]1)c1ccccc1. The Morgan fingerprint density at radius 3 is 1.92 bits per heavy atom. The molecule has 3 aliphatic rings. The van der Waals surface area contributed by atoms with Gasteiger partial charge >= 0.3 is 12.1 Å². The van der Waals surface area contributed by atoms with Crippen molar-refractivity contribution in [2.24, 2.45) is 0 Å². The minimum atomic E-state index is -0.895. The van der Waals surface area contributed by atoms with Gasteiger partial charge in [-0.05, 0) is 85.8 Å². The average Bonchev–Trinajstić information content (AvgIpc) is 4.16. The zero-order chi connectivity index (χ0) is 46.0. The smallest absolute Gasteiger partial charge is 0.407 e. The Hall–Kier alpha value is -7.44. The molecule has 0 bridgehead atoms. The minimum absolute atomic E-state index is 0.180. The summed E-state index contributed by atoms with van der Waals surface area (Å²) in [5.41, 5.74) is 5.15. The number of imidazole rings is 1. The molecule has 6 amide bonds. The van der Waals surface area contributed by atoms with Gasteiger partial charge in [0.05, 0.1) is 25.0 Å². The molecule has 4 heterocycles. The van der Waals surface area contributed by atoms with Gasteiger partial charge in [-0.2, -0.15) is 0 Å². The molecular weight excluding hydrogens is 835 g/mol. The first-order valence-electron chi connectivity index (χ1n) is 22.5. The summed E-state index contributed by atoms with van der Waals surface area (Å²) in [6.45, 7) is 4.12. The highest BCUT2D eigenvalue weighted by Crippen LogP contribution is 2.34. The molecule has 3 saturated heterocycles. The lowest BCUT2D eigenvalue weighted by Crippen LogP contribution is -2.54. The number of ether oxygens (including phenoxy) is 1. The highest BCUT2D eigenvalue weighted by Gasteiger charge is 2.38. The maximum Gasteiger partial charge on any atom is 0.407 e. The first-order chi connectivity index (χ1) is 32.1. The Kier molecular flexibility index (Phi) is 14.4. The summed E-state index contributed by atoms with van der Waals surface area (Å²) in [6.07, 6.45) is 4.16. The molecule has 66 heavy (non-hydrogen) atoms. The van der Waals surface area contributed by atoms with Crippen LogP contribution in [0.4, 0.5) is 9.59 Å². The number of hydrogen-bond donors (Lipinski definition) is 4. The molecule has 340 valence electrons. The van der Waals surface area contributed by atoms with Gasteiger partial charge in [0, 0.05) is 68.5 Å². The summed E-state index contributed by atoms with van der Waals surface area (Å²) >= 11 is 0. The number of carbonyl (C=O) groups is 5. The molecule has 15 heteroatoms. The highest BCUT2D eigenvalue weighted by atomic mass is 16.5. The number of piperazine rings is 1. The lowest BCUT2D eigenvalue weighted by Gasteiger charge is -2.34. The molecule has 4 atom stereocenters. The van der Waals surface area contributed by atoms with Crippen molar-refractivity contribution in [2.45, 2.75) is 49.9 Å². The molecule has 4 N–H and O–H groups in total. The maximum atomic E-state index is 14.1. The summed E-state index contributed by atoms with van der Waals surface area (Å²) in [5.74, 6) is 6.41. The van der Waals surface area contributed by atoms with E-state index >= 15 is 0 Å². The van der Waals surface area contributed by atoms with Crippen LogP contribution in [0.3, 0.4) is 0 Å². The fourth-order valence-corrected chi connectivity index (χ4v) is 8.80. The third-order valence-corrected chi connectivity index (χ3v) is 12.6. The van der Waals surface area contributed by atoms with Gasteiger partial charge in [-0.15, -0.1) is 0 Å². The largest absolute Gasteiger partial charge is 0.453 e. The third kappa shape index (κ3) is 10.7. The Bertz CT molecular complexity index is 2550. The first-order valence-corrected chi connectivity index (χ1v) is 22.5. The number of hydrogen-bond acceptors (Lipinski definition) is 8. The van der Waals surface area contributed by atoms with Crippen molar-refractivity contribution in [3.05, 3.63) is 149 Å². The van der Waals surface area contributed by atoms with E-state index in [9.17, 15) is 24.0 Å². The van der Waals surface area contributed by atoms with E-state index in [0.29, 0.717) is 49.7 Å². The predicted octanol–water partition coefficient (Wildman–Crippen LogP) is 5.66. The number of amides is 6. The van der Waals surface area contributed by atoms with Crippen molar-refractivity contribution in [1.29, 1.82) is 0 Å². The number of rotatable bonds is 11. The van der Waals surface area contributed by atoms with Crippen LogP contribution in [0.25, 0.3) is 11.3 Å². The molecule has 15 nitrogen and oxygen atoms in total. The lowest BCUT2D eigenvalue weighted by atomic mass is 10.0. The van der Waals surface area contributed by atoms with Crippen LogP contribution in [-0.4, -0.2) is 125 Å². The second-order valence-corrected chi connectivity index (χ2v) is 16.9. The molecule has 3 fully saturated rings. The topological polar surface area (TPSA) is 172 Å². The van der Waals surface area contributed by atoms with Crippen molar-refractivity contribution in [2.75, 3.05) is 60.0 Å². The normalized spacial score (nSPS) is 18.1. The van der Waals surface area contributed by atoms with Crippen LogP contribution >= 0.6 is 0 Å². The van der Waals surface area contributed by atoms with Gasteiger partial charge in [0.2, 0.25) is 5.91 Å². The average molecular weight is 890 g/mol. The number of aromatic nitrogens is 2. The summed E-state index contributed by atoms with van der Waals surface area (Å²) in [4.78, 5) is 82.4. The van der Waals surface area contributed by atoms with Gasteiger partial charge in [0.25, 0.3) is 11.8 Å². The molecule has 3 aliphatic heterocycles. The van der Waals surface area contributed by atoms with Crippen LogP contribution in [0.5, 0.6) is 0 Å². The lowest BCUT2D eigenvalue weighted by molar-refractivity contribution is -0.135. The maximum absolute atomic E-state index is 14.1. The van der Waals surface area contributed by atoms with Crippen molar-refractivity contribution in [1.82, 2.24) is 45.5 Å². The van der Waals surface area contributed by atoms with E-state index in [1.807, 2.05) is 92.0 Å². The van der Waals surface area contributed by atoms with Crippen LogP contribution in [0.2, 0.25) is 0 Å². The van der Waals surface area contributed by atoms with Gasteiger partial charge in [-0.1, -0.05) is 84.6 Å². The van der Waals surface area contributed by atoms with Crippen LogP contribution in [0.1, 0.15) is 82.2 Å². The van der Waals surface area contributed by atoms with Gasteiger partial charge in [0.1, 0.15) is 17.9 Å². The Balaban J connectivity index is 0.850. The number of alkyl carbamates (subject to hydrolysis) is 1. The number of methoxy groups -OCH3 is 1. The van der Waals surface area contributed by atoms with E-state index in [1.165, 1.54) is 7.11 Å². The molecule has 8 rings (SSSR count). The molecular formula is C51H55N9O6. The van der Waals surface area contributed by atoms with E-state index in [4.69, 9.17) is 4.74 Å². The second-order valence-electron chi connectivity index (χ2n) is 16.9. The predicted molar refractivity (Wildman–Crippen MR) is 249 cm³/mol. The molecule has 1 aromatic heterocycles. The van der Waals surface area contributed by atoms with E-state index in [-0.39, 0.29) is 35.8 Å². The van der Waals surface area contributed by atoms with Crippen LogP contribution < -0.4 is 16.0 Å². The van der Waals surface area contributed by atoms with Crippen molar-refractivity contribution in [3.63, 3.8) is 0 Å². The molecule has 4 aromatic carbocycles. The third-order valence-electron chi connectivity index (χ3n) is 12.6. The highest BCUT2D eigenvalue weighted by molar-refractivity contribution is 5.94. The standard InChI is InChI=1S/C51H55N9O6/c1-57-29-31-58(32-30-57)50(64)55-44(38-11-5-3-6-12-38)48(62)59-27-9-15-41(59)33-53-47(61)40-25-21-36(22-26-40)18-17-35-19-23-37(24-20-35)42-34-52-46(54-42)43-16-10-28-60(43)49(63)45(56-51(65)66-2)39-13-7-4-8-14-39/h3-8,11-14,19-26,34,41,43-45H,9-10,15-16,27-33H2,1-2H3,(H,52,54)(H,53,61)(H,55,64)(H,56,65). The number of benzene rings is 4. The number of carbonyl (C=O) groups excluding carboxylic acids is 5. The van der Waals surface area contributed by atoms with Crippen molar-refractivity contribution < 1.29 is 28.7 Å². The minimum Gasteiger partial charge on any atom is -0.453 e. The molecule has 0 aliphatic carbocycles. The first kappa shape index (κ1) is 45.1. The quantitative estimate of drug-likeness (QED) is 0.123. The summed E-state index contributed by atoms with van der Waals surface area (Å²) in [7, 11) is 3.30. The monoisotopic (exact) mass is 889 g/mol. The number of H-pyrrole nitrogens is 1.